The van der Waals surface area contributed by atoms with Gasteiger partial charge in [-0.15, -0.1) is 0 Å². The second kappa shape index (κ2) is 8.00. The van der Waals surface area contributed by atoms with Gasteiger partial charge in [0.15, 0.2) is 0 Å². The lowest BCUT2D eigenvalue weighted by Crippen LogP contribution is -2.59. The first-order valence-corrected chi connectivity index (χ1v) is 16.1. The zero-order valence-electron chi connectivity index (χ0n) is 24.8. The van der Waals surface area contributed by atoms with E-state index in [4.69, 9.17) is 4.74 Å². The van der Waals surface area contributed by atoms with Crippen LogP contribution in [0.2, 0.25) is 0 Å². The molecule has 0 radical (unpaired) electrons. The van der Waals surface area contributed by atoms with E-state index in [2.05, 4.69) is 34.6 Å². The van der Waals surface area contributed by atoms with Crippen LogP contribution < -0.4 is 0 Å². The van der Waals surface area contributed by atoms with Gasteiger partial charge in [-0.05, 0) is 115 Å². The number of aliphatic hydroxyl groups is 2. The van der Waals surface area contributed by atoms with Crippen molar-refractivity contribution in [3.8, 4) is 0 Å². The molecule has 12 atom stereocenters. The Morgan fingerprint density at radius 3 is 2.29 bits per heavy atom. The van der Waals surface area contributed by atoms with Crippen LogP contribution in [0.25, 0.3) is 0 Å². The van der Waals surface area contributed by atoms with E-state index in [0.717, 1.165) is 19.4 Å². The van der Waals surface area contributed by atoms with E-state index >= 15 is 0 Å². The first kappa shape index (κ1) is 26.3. The van der Waals surface area contributed by atoms with Crippen molar-refractivity contribution in [3.63, 3.8) is 0 Å². The first-order valence-electron chi connectivity index (χ1n) is 16.1. The minimum atomic E-state index is -0.449. The molecule has 1 heterocycles. The van der Waals surface area contributed by atoms with Crippen molar-refractivity contribution in [2.45, 2.75) is 130 Å². The van der Waals surface area contributed by atoms with Crippen LogP contribution in [0.3, 0.4) is 0 Å². The van der Waals surface area contributed by atoms with Crippen molar-refractivity contribution < 1.29 is 19.7 Å². The fourth-order valence-electron chi connectivity index (χ4n) is 12.7. The Morgan fingerprint density at radius 2 is 1.61 bits per heavy atom. The molecule has 2 spiro atoms. The van der Waals surface area contributed by atoms with E-state index in [1.165, 1.54) is 51.4 Å². The first-order chi connectivity index (χ1) is 17.8. The molecule has 6 aliphatic carbocycles. The summed E-state index contributed by atoms with van der Waals surface area (Å²) in [6, 6.07) is 0. The standard InChI is InChI=1S/C33H53NO4/c1-19-15-22(17-34(20(2)35)16-21-7-8-21)38-27-26(19)30(5)13-14-33-18-32(33)12-11-25(36)29(3,4)23(32)9-10-24(33)31(30,6)28(27)37/h19,21-28,36-37H,7-18H2,1-6H3/t19-,22?,23+,24?,25+,26+,27?,28+,30-,31-,32-,33+/m1/s1. The van der Waals surface area contributed by atoms with Crippen LogP contribution in [0.4, 0.5) is 0 Å². The second-order valence-electron chi connectivity index (χ2n) is 16.5. The maximum absolute atomic E-state index is 12.4. The molecular weight excluding hydrogens is 474 g/mol. The van der Waals surface area contributed by atoms with E-state index < -0.39 is 6.10 Å². The Labute approximate surface area is 230 Å². The van der Waals surface area contributed by atoms with Gasteiger partial charge in [-0.3, -0.25) is 4.79 Å². The number of nitrogens with zero attached hydrogens (tertiary/aromatic N) is 1. The molecule has 7 fully saturated rings. The molecule has 38 heavy (non-hydrogen) atoms. The van der Waals surface area contributed by atoms with Gasteiger partial charge in [0.2, 0.25) is 5.91 Å². The Hall–Kier alpha value is -0.650. The van der Waals surface area contributed by atoms with E-state index in [0.29, 0.717) is 47.0 Å². The number of hydrogen-bond acceptors (Lipinski definition) is 4. The summed E-state index contributed by atoms with van der Waals surface area (Å²) in [4.78, 5) is 14.5. The number of ether oxygens (including phenoxy) is 1. The Morgan fingerprint density at radius 1 is 0.921 bits per heavy atom. The monoisotopic (exact) mass is 527 g/mol. The van der Waals surface area contributed by atoms with Crippen LogP contribution in [-0.2, 0) is 9.53 Å². The largest absolute Gasteiger partial charge is 0.393 e. The van der Waals surface area contributed by atoms with Crippen molar-refractivity contribution in [3.05, 3.63) is 0 Å². The third-order valence-corrected chi connectivity index (χ3v) is 14.9. The zero-order chi connectivity index (χ0) is 27.0. The average Bonchev–Trinajstić information content (AvgIpc) is 3.76. The second-order valence-corrected chi connectivity index (χ2v) is 16.5. The predicted octanol–water partition coefficient (Wildman–Crippen LogP) is 5.42. The van der Waals surface area contributed by atoms with E-state index in [1.807, 2.05) is 4.90 Å². The van der Waals surface area contributed by atoms with E-state index in [-0.39, 0.29) is 40.5 Å². The van der Waals surface area contributed by atoms with Crippen molar-refractivity contribution in [1.29, 1.82) is 0 Å². The van der Waals surface area contributed by atoms with Gasteiger partial charge < -0.3 is 19.8 Å². The fourth-order valence-corrected chi connectivity index (χ4v) is 12.7. The Bertz CT molecular complexity index is 1010. The molecule has 2 N–H and O–H groups in total. The highest BCUT2D eigenvalue weighted by atomic mass is 16.5. The third-order valence-electron chi connectivity index (χ3n) is 14.9. The highest BCUT2D eigenvalue weighted by Gasteiger charge is 2.84. The van der Waals surface area contributed by atoms with Crippen LogP contribution in [0.5, 0.6) is 0 Å². The normalized spacial score (nSPS) is 56.1. The van der Waals surface area contributed by atoms with Gasteiger partial charge in [-0.2, -0.15) is 0 Å². The highest BCUT2D eigenvalue weighted by Crippen LogP contribution is 2.89. The van der Waals surface area contributed by atoms with Gasteiger partial charge in [-0.25, -0.2) is 0 Å². The van der Waals surface area contributed by atoms with Crippen LogP contribution in [0, 0.1) is 56.7 Å². The van der Waals surface area contributed by atoms with Crippen molar-refractivity contribution in [2.24, 2.45) is 56.7 Å². The SMILES string of the molecule is CC(=O)N(CC1CC1)CC1C[C@@H](C)[C@H]2C(O1)[C@H](O)[C@@]1(C)C3CC[C@H]4C(C)(C)[C@@H](O)CC[C@@]45C[C@@]35CC[C@]21C. The van der Waals surface area contributed by atoms with Gasteiger partial charge in [0.05, 0.1) is 24.4 Å². The van der Waals surface area contributed by atoms with Gasteiger partial charge >= 0.3 is 0 Å². The van der Waals surface area contributed by atoms with Crippen LogP contribution in [0.15, 0.2) is 0 Å². The predicted molar refractivity (Wildman–Crippen MR) is 147 cm³/mol. The summed E-state index contributed by atoms with van der Waals surface area (Å²) >= 11 is 0. The maximum atomic E-state index is 12.4. The number of fused-ring (bicyclic) bond motifs is 4. The molecule has 5 nitrogen and oxygen atoms in total. The van der Waals surface area contributed by atoms with Crippen molar-refractivity contribution in [2.75, 3.05) is 13.1 Å². The van der Waals surface area contributed by atoms with Gasteiger partial charge in [0, 0.05) is 25.4 Å². The van der Waals surface area contributed by atoms with Crippen LogP contribution in [-0.4, -0.2) is 58.5 Å². The lowest BCUT2D eigenvalue weighted by Gasteiger charge is -2.63. The minimum Gasteiger partial charge on any atom is -0.393 e. The smallest absolute Gasteiger partial charge is 0.219 e. The topological polar surface area (TPSA) is 70.0 Å². The van der Waals surface area contributed by atoms with Gasteiger partial charge in [-0.1, -0.05) is 34.6 Å². The number of carbonyl (C=O) groups excluding carboxylic acids is 1. The third kappa shape index (κ3) is 3.08. The number of aliphatic hydroxyl groups excluding tert-OH is 2. The summed E-state index contributed by atoms with van der Waals surface area (Å²) in [5.74, 6) is 2.84. The molecular formula is C33H53NO4. The van der Waals surface area contributed by atoms with Gasteiger partial charge in [0.1, 0.15) is 0 Å². The van der Waals surface area contributed by atoms with Crippen LogP contribution in [0.1, 0.15) is 106 Å². The fraction of sp³-hybridized carbons (Fsp3) is 0.970. The number of rotatable bonds is 4. The summed E-state index contributed by atoms with van der Waals surface area (Å²) in [5.41, 5.74) is 0.633. The van der Waals surface area contributed by atoms with Crippen molar-refractivity contribution >= 4 is 5.91 Å². The molecule has 214 valence electrons. The summed E-state index contributed by atoms with van der Waals surface area (Å²) in [6.45, 7) is 15.3. The molecule has 7 rings (SSSR count). The molecule has 5 heteroatoms. The summed E-state index contributed by atoms with van der Waals surface area (Å²) in [5, 5.41) is 23.3. The van der Waals surface area contributed by atoms with Gasteiger partial charge in [0.25, 0.3) is 0 Å². The molecule has 1 amide bonds. The molecule has 0 bridgehead atoms. The molecule has 0 aromatic heterocycles. The van der Waals surface area contributed by atoms with E-state index in [9.17, 15) is 15.0 Å². The highest BCUT2D eigenvalue weighted by molar-refractivity contribution is 5.73. The molecule has 0 aromatic carbocycles. The van der Waals surface area contributed by atoms with Crippen molar-refractivity contribution in [1.82, 2.24) is 4.90 Å². The number of hydrogen-bond donors (Lipinski definition) is 2. The lowest BCUT2D eigenvalue weighted by atomic mass is 9.41. The van der Waals surface area contributed by atoms with E-state index in [1.54, 1.807) is 6.92 Å². The molecule has 1 aliphatic heterocycles. The zero-order valence-corrected chi connectivity index (χ0v) is 24.8. The molecule has 1 saturated heterocycles. The summed E-state index contributed by atoms with van der Waals surface area (Å²) in [6.07, 6.45) is 11.0. The molecule has 0 aromatic rings. The number of amides is 1. The number of carbonyl (C=O) groups is 1. The molecule has 6 saturated carbocycles. The summed E-state index contributed by atoms with van der Waals surface area (Å²) in [7, 11) is 0. The quantitative estimate of drug-likeness (QED) is 0.512. The average molecular weight is 528 g/mol. The lowest BCUT2D eigenvalue weighted by molar-refractivity contribution is -0.182. The van der Waals surface area contributed by atoms with Crippen LogP contribution >= 0.6 is 0 Å². The molecule has 7 aliphatic rings. The summed E-state index contributed by atoms with van der Waals surface area (Å²) < 4.78 is 6.90. The molecule has 3 unspecified atom stereocenters. The Kier molecular flexibility index (Phi) is 5.53. The Balaban J connectivity index is 1.18. The maximum Gasteiger partial charge on any atom is 0.219 e. The minimum absolute atomic E-state index is 0.00937.